The number of hydrogen-bond acceptors (Lipinski definition) is 6. The van der Waals surface area contributed by atoms with E-state index in [0.29, 0.717) is 20.7 Å². The van der Waals surface area contributed by atoms with Gasteiger partial charge in [-0.2, -0.15) is 0 Å². The summed E-state index contributed by atoms with van der Waals surface area (Å²) in [6.45, 7) is -0.281. The van der Waals surface area contributed by atoms with Gasteiger partial charge >= 0.3 is 5.00 Å². The van der Waals surface area contributed by atoms with Crippen LogP contribution in [0.3, 0.4) is 0 Å². The van der Waals surface area contributed by atoms with Gasteiger partial charge in [-0.05, 0) is 23.5 Å². The fraction of sp³-hybridized carbons (Fsp3) is 0.182. The van der Waals surface area contributed by atoms with E-state index in [1.54, 1.807) is 18.2 Å². The summed E-state index contributed by atoms with van der Waals surface area (Å²) in [6.07, 6.45) is 1.15. The molecule has 0 saturated carbocycles. The van der Waals surface area contributed by atoms with Crippen LogP contribution in [0.4, 0.5) is 10.1 Å². The molecule has 2 rings (SSSR count). The van der Waals surface area contributed by atoms with E-state index in [9.17, 15) is 15.2 Å². The van der Waals surface area contributed by atoms with Crippen molar-refractivity contribution < 1.29 is 10.0 Å². The molecule has 0 fully saturated rings. The third kappa shape index (κ3) is 3.18. The SMILES string of the molecule is O=[N+]([O-])c1cnc(N[C@H](CO)c2c(Cl)cccc2Cl)s1. The summed E-state index contributed by atoms with van der Waals surface area (Å²) in [6, 6.07) is 4.40. The van der Waals surface area contributed by atoms with Gasteiger partial charge in [0.2, 0.25) is 0 Å². The maximum Gasteiger partial charge on any atom is 0.345 e. The topological polar surface area (TPSA) is 88.3 Å². The summed E-state index contributed by atoms with van der Waals surface area (Å²) < 4.78 is 0. The van der Waals surface area contributed by atoms with E-state index in [4.69, 9.17) is 23.2 Å². The second-order valence-corrected chi connectivity index (χ2v) is 5.60. The van der Waals surface area contributed by atoms with E-state index in [0.717, 1.165) is 17.5 Å². The molecule has 1 aromatic carbocycles. The van der Waals surface area contributed by atoms with Crippen LogP contribution >= 0.6 is 34.5 Å². The van der Waals surface area contributed by atoms with Crippen molar-refractivity contribution in [2.45, 2.75) is 6.04 Å². The van der Waals surface area contributed by atoms with Gasteiger partial charge in [-0.25, -0.2) is 4.98 Å². The van der Waals surface area contributed by atoms with Crippen molar-refractivity contribution in [3.63, 3.8) is 0 Å². The summed E-state index contributed by atoms with van der Waals surface area (Å²) in [4.78, 5) is 14.0. The molecule has 0 aliphatic carbocycles. The third-order valence-corrected chi connectivity index (χ3v) is 4.04. The van der Waals surface area contributed by atoms with Crippen LogP contribution in [0.15, 0.2) is 24.4 Å². The van der Waals surface area contributed by atoms with Gasteiger partial charge in [0.05, 0.1) is 17.6 Å². The summed E-state index contributed by atoms with van der Waals surface area (Å²) >= 11 is 13.0. The second-order valence-electron chi connectivity index (χ2n) is 3.78. The van der Waals surface area contributed by atoms with Crippen LogP contribution in [0.2, 0.25) is 10.0 Å². The first-order valence-electron chi connectivity index (χ1n) is 5.44. The molecular weight excluding hydrogens is 325 g/mol. The average Bonchev–Trinajstić information content (AvgIpc) is 2.86. The highest BCUT2D eigenvalue weighted by molar-refractivity contribution is 7.18. The van der Waals surface area contributed by atoms with Crippen LogP contribution in [0, 0.1) is 10.1 Å². The number of halogens is 2. The van der Waals surface area contributed by atoms with Crippen molar-refractivity contribution >= 4 is 44.7 Å². The smallest absolute Gasteiger partial charge is 0.345 e. The molecule has 2 aromatic rings. The molecule has 0 bridgehead atoms. The number of aliphatic hydroxyl groups excluding tert-OH is 1. The van der Waals surface area contributed by atoms with Gasteiger partial charge in [-0.1, -0.05) is 29.3 Å². The van der Waals surface area contributed by atoms with Gasteiger partial charge in [-0.3, -0.25) is 10.1 Å². The average molecular weight is 334 g/mol. The number of aliphatic hydroxyl groups is 1. The van der Waals surface area contributed by atoms with Crippen molar-refractivity contribution in [3.8, 4) is 0 Å². The van der Waals surface area contributed by atoms with Crippen molar-refractivity contribution in [1.82, 2.24) is 4.98 Å². The standard InChI is InChI=1S/C11H9Cl2N3O3S/c12-6-2-1-3-7(13)10(6)8(5-17)15-11-14-4-9(20-11)16(18)19/h1-4,8,17H,5H2,(H,14,15)/t8-/m1/s1. The molecule has 106 valence electrons. The molecule has 1 atom stereocenters. The number of rotatable bonds is 5. The normalized spacial score (nSPS) is 12.2. The van der Waals surface area contributed by atoms with Crippen molar-refractivity contribution in [3.05, 3.63) is 50.1 Å². The largest absolute Gasteiger partial charge is 0.394 e. The number of hydrogen-bond donors (Lipinski definition) is 2. The van der Waals surface area contributed by atoms with Crippen LogP contribution in [0.25, 0.3) is 0 Å². The molecule has 2 N–H and O–H groups in total. The molecule has 0 unspecified atom stereocenters. The maximum atomic E-state index is 10.6. The fourth-order valence-electron chi connectivity index (χ4n) is 1.62. The van der Waals surface area contributed by atoms with Crippen LogP contribution in [-0.2, 0) is 0 Å². The Morgan fingerprint density at radius 3 is 2.60 bits per heavy atom. The lowest BCUT2D eigenvalue weighted by Gasteiger charge is -2.18. The van der Waals surface area contributed by atoms with Crippen molar-refractivity contribution in [1.29, 1.82) is 0 Å². The van der Waals surface area contributed by atoms with Crippen molar-refractivity contribution in [2.24, 2.45) is 0 Å². The molecule has 0 amide bonds. The number of nitrogens with one attached hydrogen (secondary N) is 1. The zero-order chi connectivity index (χ0) is 14.7. The molecule has 0 saturated heterocycles. The zero-order valence-electron chi connectivity index (χ0n) is 9.92. The highest BCUT2D eigenvalue weighted by atomic mass is 35.5. The number of thiazole rings is 1. The minimum atomic E-state index is -0.595. The predicted octanol–water partition coefficient (Wildman–Crippen LogP) is 3.50. The predicted molar refractivity (Wildman–Crippen MR) is 78.7 cm³/mol. The van der Waals surface area contributed by atoms with E-state index in [2.05, 4.69) is 10.3 Å². The first kappa shape index (κ1) is 15.0. The van der Waals surface area contributed by atoms with Gasteiger partial charge in [0.1, 0.15) is 6.20 Å². The molecule has 9 heteroatoms. The molecule has 0 spiro atoms. The molecular formula is C11H9Cl2N3O3S. The summed E-state index contributed by atoms with van der Waals surface area (Å²) in [5.41, 5.74) is 0.524. The Balaban J connectivity index is 2.26. The molecule has 0 aliphatic heterocycles. The zero-order valence-corrected chi connectivity index (χ0v) is 12.2. The molecule has 1 aromatic heterocycles. The first-order chi connectivity index (χ1) is 9.52. The minimum absolute atomic E-state index is 0.0885. The Morgan fingerprint density at radius 1 is 1.45 bits per heavy atom. The highest BCUT2D eigenvalue weighted by Gasteiger charge is 2.20. The number of benzene rings is 1. The lowest BCUT2D eigenvalue weighted by Crippen LogP contribution is -2.15. The van der Waals surface area contributed by atoms with Gasteiger partial charge in [0.15, 0.2) is 5.13 Å². The molecule has 0 aliphatic rings. The Kier molecular flexibility index (Phi) is 4.77. The van der Waals surface area contributed by atoms with Crippen LogP contribution in [0.1, 0.15) is 11.6 Å². The van der Waals surface area contributed by atoms with Gasteiger partial charge in [0.25, 0.3) is 0 Å². The van der Waals surface area contributed by atoms with Crippen molar-refractivity contribution in [2.75, 3.05) is 11.9 Å². The van der Waals surface area contributed by atoms with E-state index in [1.165, 1.54) is 0 Å². The van der Waals surface area contributed by atoms with E-state index >= 15 is 0 Å². The van der Waals surface area contributed by atoms with E-state index in [1.807, 2.05) is 0 Å². The Hall–Kier alpha value is -1.41. The van der Waals surface area contributed by atoms with E-state index in [-0.39, 0.29) is 11.6 Å². The van der Waals surface area contributed by atoms with Crippen LogP contribution in [0.5, 0.6) is 0 Å². The Labute approximate surface area is 128 Å². The third-order valence-electron chi connectivity index (χ3n) is 2.50. The first-order valence-corrected chi connectivity index (χ1v) is 7.01. The number of nitro groups is 1. The van der Waals surface area contributed by atoms with Crippen LogP contribution in [-0.4, -0.2) is 21.6 Å². The van der Waals surface area contributed by atoms with Gasteiger partial charge < -0.3 is 10.4 Å². The number of anilines is 1. The molecule has 6 nitrogen and oxygen atoms in total. The quantitative estimate of drug-likeness (QED) is 0.645. The Bertz CT molecular complexity index is 615. The van der Waals surface area contributed by atoms with Crippen LogP contribution < -0.4 is 5.32 Å². The summed E-state index contributed by atoms with van der Waals surface area (Å²) in [5.74, 6) is 0. The number of nitrogens with zero attached hydrogens (tertiary/aromatic N) is 2. The highest BCUT2D eigenvalue weighted by Crippen LogP contribution is 2.34. The lowest BCUT2D eigenvalue weighted by molar-refractivity contribution is -0.380. The fourth-order valence-corrected chi connectivity index (χ4v) is 2.96. The van der Waals surface area contributed by atoms with E-state index < -0.39 is 11.0 Å². The summed E-state index contributed by atoms with van der Waals surface area (Å²) in [5, 5.41) is 24.0. The van der Waals surface area contributed by atoms with Gasteiger partial charge in [-0.15, -0.1) is 0 Å². The summed E-state index contributed by atoms with van der Waals surface area (Å²) in [7, 11) is 0. The minimum Gasteiger partial charge on any atom is -0.394 e. The van der Waals surface area contributed by atoms with Gasteiger partial charge in [0, 0.05) is 15.6 Å². The molecule has 0 radical (unpaired) electrons. The monoisotopic (exact) mass is 333 g/mol. The number of aromatic nitrogens is 1. The molecule has 1 heterocycles. The molecule has 20 heavy (non-hydrogen) atoms. The Morgan fingerprint density at radius 2 is 2.10 bits per heavy atom. The second kappa shape index (κ2) is 6.36. The maximum absolute atomic E-state index is 10.6. The lowest BCUT2D eigenvalue weighted by atomic mass is 10.1.